The van der Waals surface area contributed by atoms with Crippen molar-refractivity contribution in [3.63, 3.8) is 0 Å². The Kier molecular flexibility index (Phi) is 5.41. The van der Waals surface area contributed by atoms with Gasteiger partial charge in [-0.2, -0.15) is 0 Å². The Labute approximate surface area is 138 Å². The van der Waals surface area contributed by atoms with Crippen LogP contribution in [0.5, 0.6) is 11.5 Å². The fraction of sp³-hybridized carbons (Fsp3) is 0.133. The van der Waals surface area contributed by atoms with E-state index in [2.05, 4.69) is 10.6 Å². The Bertz CT molecular complexity index is 675. The summed E-state index contributed by atoms with van der Waals surface area (Å²) >= 11 is 11.2. The van der Waals surface area contributed by atoms with E-state index in [1.807, 2.05) is 0 Å². The zero-order valence-corrected chi connectivity index (χ0v) is 13.5. The normalized spacial score (nSPS) is 10.0. The van der Waals surface area contributed by atoms with E-state index >= 15 is 0 Å². The van der Waals surface area contributed by atoms with Gasteiger partial charge in [0.05, 0.1) is 24.9 Å². The summed E-state index contributed by atoms with van der Waals surface area (Å²) in [7, 11) is 3.13. The number of anilines is 2. The fourth-order valence-corrected chi connectivity index (χ4v) is 2.20. The van der Waals surface area contributed by atoms with E-state index in [1.165, 1.54) is 18.2 Å². The number of methoxy groups -OCH3 is 2. The van der Waals surface area contributed by atoms with Crippen LogP contribution >= 0.6 is 23.8 Å². The molecule has 0 aliphatic heterocycles. The molecular formula is C15H14ClFN2O2S. The van der Waals surface area contributed by atoms with Gasteiger partial charge in [0.2, 0.25) is 0 Å². The molecule has 0 amide bonds. The Morgan fingerprint density at radius 3 is 2.23 bits per heavy atom. The second-order valence-corrected chi connectivity index (χ2v) is 5.12. The van der Waals surface area contributed by atoms with E-state index in [1.54, 1.807) is 32.4 Å². The highest BCUT2D eigenvalue weighted by Gasteiger charge is 2.06. The molecule has 2 aromatic rings. The highest BCUT2D eigenvalue weighted by atomic mass is 35.5. The summed E-state index contributed by atoms with van der Waals surface area (Å²) in [5.41, 5.74) is 1.20. The molecule has 2 N–H and O–H groups in total. The zero-order valence-electron chi connectivity index (χ0n) is 11.9. The van der Waals surface area contributed by atoms with Crippen LogP contribution in [0.15, 0.2) is 36.4 Å². The van der Waals surface area contributed by atoms with Gasteiger partial charge in [-0.05, 0) is 30.4 Å². The van der Waals surface area contributed by atoms with Crippen molar-refractivity contribution in [3.8, 4) is 11.5 Å². The number of hydrogen-bond donors (Lipinski definition) is 2. The summed E-state index contributed by atoms with van der Waals surface area (Å²) in [6.45, 7) is 0. The third kappa shape index (κ3) is 4.22. The first kappa shape index (κ1) is 16.3. The van der Waals surface area contributed by atoms with Crippen molar-refractivity contribution in [1.29, 1.82) is 0 Å². The third-order valence-corrected chi connectivity index (χ3v) is 3.31. The highest BCUT2D eigenvalue weighted by molar-refractivity contribution is 7.80. The standard InChI is InChI=1S/C15H14ClFN2O2S/c1-20-11-6-10(7-12(8-11)21-2)18-15(22)19-14-4-3-9(17)5-13(14)16/h3-8H,1-2H3,(H2,18,19,22). The average molecular weight is 341 g/mol. The number of rotatable bonds is 4. The minimum absolute atomic E-state index is 0.243. The number of halogens is 2. The van der Waals surface area contributed by atoms with Gasteiger partial charge >= 0.3 is 0 Å². The summed E-state index contributed by atoms with van der Waals surface area (Å²) < 4.78 is 23.4. The molecule has 0 fully saturated rings. The lowest BCUT2D eigenvalue weighted by Gasteiger charge is -2.13. The van der Waals surface area contributed by atoms with Crippen LogP contribution in [0.1, 0.15) is 0 Å². The molecule has 0 saturated heterocycles. The second kappa shape index (κ2) is 7.29. The lowest BCUT2D eigenvalue weighted by atomic mass is 10.3. The van der Waals surface area contributed by atoms with Crippen LogP contribution in [0.4, 0.5) is 15.8 Å². The number of ether oxygens (including phenoxy) is 2. The molecule has 22 heavy (non-hydrogen) atoms. The maximum atomic E-state index is 13.0. The van der Waals surface area contributed by atoms with Crippen LogP contribution in [0.25, 0.3) is 0 Å². The Balaban J connectivity index is 2.11. The van der Waals surface area contributed by atoms with Crippen LogP contribution in [-0.4, -0.2) is 19.3 Å². The molecule has 0 unspecified atom stereocenters. The van der Waals surface area contributed by atoms with Gasteiger partial charge in [-0.25, -0.2) is 4.39 Å². The second-order valence-electron chi connectivity index (χ2n) is 4.30. The summed E-state index contributed by atoms with van der Waals surface area (Å²) in [4.78, 5) is 0. The van der Waals surface area contributed by atoms with Crippen molar-refractivity contribution in [2.45, 2.75) is 0 Å². The molecule has 0 aliphatic rings. The molecule has 0 atom stereocenters. The predicted molar refractivity (Wildman–Crippen MR) is 90.8 cm³/mol. The van der Waals surface area contributed by atoms with Crippen molar-refractivity contribution < 1.29 is 13.9 Å². The molecule has 0 aliphatic carbocycles. The van der Waals surface area contributed by atoms with Gasteiger partial charge in [0.25, 0.3) is 0 Å². The third-order valence-electron chi connectivity index (χ3n) is 2.79. The van der Waals surface area contributed by atoms with E-state index in [9.17, 15) is 4.39 Å². The van der Waals surface area contributed by atoms with E-state index in [0.717, 1.165) is 0 Å². The van der Waals surface area contributed by atoms with Gasteiger partial charge in [0, 0.05) is 23.9 Å². The lowest BCUT2D eigenvalue weighted by Crippen LogP contribution is -2.19. The lowest BCUT2D eigenvalue weighted by molar-refractivity contribution is 0.395. The molecule has 0 aromatic heterocycles. The van der Waals surface area contributed by atoms with Crippen molar-refractivity contribution in [3.05, 3.63) is 47.2 Å². The van der Waals surface area contributed by atoms with Gasteiger partial charge in [-0.15, -0.1) is 0 Å². The molecule has 0 radical (unpaired) electrons. The molecule has 116 valence electrons. The van der Waals surface area contributed by atoms with Crippen LogP contribution in [-0.2, 0) is 0 Å². The van der Waals surface area contributed by atoms with E-state index in [0.29, 0.717) is 28.0 Å². The smallest absolute Gasteiger partial charge is 0.175 e. The molecule has 0 spiro atoms. The Hall–Kier alpha value is -2.05. The SMILES string of the molecule is COc1cc(NC(=S)Nc2ccc(F)cc2Cl)cc(OC)c1. The predicted octanol–water partition coefficient (Wildman–Crippen LogP) is 4.31. The van der Waals surface area contributed by atoms with Crippen LogP contribution in [0.3, 0.4) is 0 Å². The van der Waals surface area contributed by atoms with Gasteiger partial charge in [-0.1, -0.05) is 11.6 Å². The molecule has 2 aromatic carbocycles. The first-order valence-electron chi connectivity index (χ1n) is 6.28. The van der Waals surface area contributed by atoms with E-state index in [-0.39, 0.29) is 5.02 Å². The van der Waals surface area contributed by atoms with Crippen molar-refractivity contribution in [1.82, 2.24) is 0 Å². The quantitative estimate of drug-likeness (QED) is 0.812. The van der Waals surface area contributed by atoms with Crippen LogP contribution in [0, 0.1) is 5.82 Å². The Morgan fingerprint density at radius 1 is 1.05 bits per heavy atom. The number of thiocarbonyl (C=S) groups is 1. The molecule has 4 nitrogen and oxygen atoms in total. The molecule has 0 bridgehead atoms. The number of hydrogen-bond acceptors (Lipinski definition) is 3. The van der Waals surface area contributed by atoms with E-state index < -0.39 is 5.82 Å². The van der Waals surface area contributed by atoms with Crippen LogP contribution in [0.2, 0.25) is 5.02 Å². The summed E-state index contributed by atoms with van der Waals surface area (Å²) in [6, 6.07) is 9.30. The van der Waals surface area contributed by atoms with Gasteiger partial charge in [0.1, 0.15) is 17.3 Å². The van der Waals surface area contributed by atoms with Crippen molar-refractivity contribution >= 4 is 40.3 Å². The zero-order chi connectivity index (χ0) is 16.1. The molecule has 7 heteroatoms. The minimum atomic E-state index is -0.410. The first-order chi connectivity index (χ1) is 10.5. The average Bonchev–Trinajstić information content (AvgIpc) is 2.49. The fourth-order valence-electron chi connectivity index (χ4n) is 1.76. The maximum Gasteiger partial charge on any atom is 0.175 e. The Morgan fingerprint density at radius 2 is 1.68 bits per heavy atom. The first-order valence-corrected chi connectivity index (χ1v) is 7.06. The molecular weight excluding hydrogens is 327 g/mol. The van der Waals surface area contributed by atoms with Gasteiger partial charge in [0.15, 0.2) is 5.11 Å². The minimum Gasteiger partial charge on any atom is -0.497 e. The van der Waals surface area contributed by atoms with Gasteiger partial charge < -0.3 is 20.1 Å². The topological polar surface area (TPSA) is 42.5 Å². The maximum absolute atomic E-state index is 13.0. The summed E-state index contributed by atoms with van der Waals surface area (Å²) in [5.74, 6) is 0.848. The van der Waals surface area contributed by atoms with Crippen LogP contribution < -0.4 is 20.1 Å². The molecule has 2 rings (SSSR count). The van der Waals surface area contributed by atoms with Gasteiger partial charge in [-0.3, -0.25) is 0 Å². The summed E-state index contributed by atoms with van der Waals surface area (Å²) in [5, 5.41) is 6.44. The number of nitrogens with one attached hydrogen (secondary N) is 2. The van der Waals surface area contributed by atoms with Crippen molar-refractivity contribution in [2.75, 3.05) is 24.9 Å². The largest absolute Gasteiger partial charge is 0.497 e. The highest BCUT2D eigenvalue weighted by Crippen LogP contribution is 2.26. The number of benzene rings is 2. The van der Waals surface area contributed by atoms with Crippen molar-refractivity contribution in [2.24, 2.45) is 0 Å². The monoisotopic (exact) mass is 340 g/mol. The molecule has 0 heterocycles. The molecule has 0 saturated carbocycles. The van der Waals surface area contributed by atoms with E-state index in [4.69, 9.17) is 33.3 Å². The summed E-state index contributed by atoms with van der Waals surface area (Å²) in [6.07, 6.45) is 0.